The van der Waals surface area contributed by atoms with E-state index in [1.807, 2.05) is 31.3 Å². The molecule has 0 aliphatic carbocycles. The molecule has 0 amide bonds. The van der Waals surface area contributed by atoms with Crippen molar-refractivity contribution in [1.29, 1.82) is 0 Å². The van der Waals surface area contributed by atoms with Crippen molar-refractivity contribution in [3.8, 4) is 5.69 Å². The van der Waals surface area contributed by atoms with Crippen LogP contribution in [0.15, 0.2) is 28.9 Å². The molecule has 17 heavy (non-hydrogen) atoms. The number of aliphatic hydroxyl groups excluding tert-OH is 1. The van der Waals surface area contributed by atoms with Crippen LogP contribution in [0.5, 0.6) is 0 Å². The average molecular weight is 296 g/mol. The third-order valence-electron chi connectivity index (χ3n) is 2.54. The van der Waals surface area contributed by atoms with Crippen LogP contribution in [0.4, 0.5) is 0 Å². The lowest BCUT2D eigenvalue weighted by Gasteiger charge is -2.04. The van der Waals surface area contributed by atoms with E-state index >= 15 is 0 Å². The molecule has 1 N–H and O–H groups in total. The van der Waals surface area contributed by atoms with Gasteiger partial charge in [-0.15, -0.1) is 5.10 Å². The molecule has 0 atom stereocenters. The highest BCUT2D eigenvalue weighted by Crippen LogP contribution is 2.18. The zero-order valence-electron chi connectivity index (χ0n) is 9.60. The molecule has 0 spiro atoms. The van der Waals surface area contributed by atoms with Crippen molar-refractivity contribution in [2.75, 3.05) is 6.61 Å². The molecule has 0 saturated carbocycles. The van der Waals surface area contributed by atoms with Crippen molar-refractivity contribution < 1.29 is 5.11 Å². The van der Waals surface area contributed by atoms with Crippen molar-refractivity contribution in [1.82, 2.24) is 15.0 Å². The molecule has 1 aromatic heterocycles. The summed E-state index contributed by atoms with van der Waals surface area (Å²) in [5, 5.41) is 16.9. The highest BCUT2D eigenvalue weighted by atomic mass is 79.9. The van der Waals surface area contributed by atoms with E-state index in [-0.39, 0.29) is 6.61 Å². The second-order valence-electron chi connectivity index (χ2n) is 3.91. The fourth-order valence-corrected chi connectivity index (χ4v) is 2.14. The highest BCUT2D eigenvalue weighted by Gasteiger charge is 2.05. The van der Waals surface area contributed by atoms with Crippen molar-refractivity contribution in [3.05, 3.63) is 40.1 Å². The van der Waals surface area contributed by atoms with Gasteiger partial charge in [0, 0.05) is 11.1 Å². The normalized spacial score (nSPS) is 10.8. The van der Waals surface area contributed by atoms with Gasteiger partial charge in [-0.25, -0.2) is 4.68 Å². The minimum atomic E-state index is 0.185. The minimum absolute atomic E-state index is 0.185. The first kappa shape index (κ1) is 12.3. The van der Waals surface area contributed by atoms with Crippen molar-refractivity contribution in [2.45, 2.75) is 19.8 Å². The van der Waals surface area contributed by atoms with E-state index in [0.717, 1.165) is 34.3 Å². The Balaban J connectivity index is 2.24. The van der Waals surface area contributed by atoms with E-state index in [0.29, 0.717) is 0 Å². The number of aliphatic hydroxyl groups is 1. The Morgan fingerprint density at radius 2 is 2.24 bits per heavy atom. The summed E-state index contributed by atoms with van der Waals surface area (Å²) < 4.78 is 2.83. The van der Waals surface area contributed by atoms with Gasteiger partial charge in [0.25, 0.3) is 0 Å². The first-order valence-electron chi connectivity index (χ1n) is 5.49. The van der Waals surface area contributed by atoms with Gasteiger partial charge < -0.3 is 5.11 Å². The Kier molecular flexibility index (Phi) is 3.91. The Morgan fingerprint density at radius 3 is 2.94 bits per heavy atom. The zero-order valence-corrected chi connectivity index (χ0v) is 11.2. The number of hydrogen-bond donors (Lipinski definition) is 1. The molecular formula is C12H14BrN3O. The molecule has 0 radical (unpaired) electrons. The van der Waals surface area contributed by atoms with Crippen molar-refractivity contribution >= 4 is 15.9 Å². The first-order chi connectivity index (χ1) is 8.20. The van der Waals surface area contributed by atoms with Gasteiger partial charge in [0.1, 0.15) is 0 Å². The molecule has 1 heterocycles. The number of aromatic nitrogens is 3. The lowest BCUT2D eigenvalue weighted by atomic mass is 10.2. The summed E-state index contributed by atoms with van der Waals surface area (Å²) in [5.74, 6) is 0. The van der Waals surface area contributed by atoms with E-state index in [1.165, 1.54) is 0 Å². The lowest BCUT2D eigenvalue weighted by Crippen LogP contribution is -1.97. The Bertz CT molecular complexity index is 510. The fraction of sp³-hybridized carbons (Fsp3) is 0.333. The number of benzene rings is 1. The van der Waals surface area contributed by atoms with Gasteiger partial charge in [0.15, 0.2) is 0 Å². The topological polar surface area (TPSA) is 50.9 Å². The van der Waals surface area contributed by atoms with Crippen LogP contribution >= 0.6 is 15.9 Å². The van der Waals surface area contributed by atoms with Gasteiger partial charge in [-0.2, -0.15) is 0 Å². The van der Waals surface area contributed by atoms with Crippen LogP contribution in [-0.2, 0) is 6.42 Å². The van der Waals surface area contributed by atoms with Crippen LogP contribution in [0, 0.1) is 6.92 Å². The summed E-state index contributed by atoms with van der Waals surface area (Å²) in [6.45, 7) is 2.22. The SMILES string of the molecule is Cc1cc(Br)ccc1-n1cc(CCCO)nn1. The van der Waals surface area contributed by atoms with Gasteiger partial charge in [0.05, 0.1) is 17.6 Å². The minimum Gasteiger partial charge on any atom is -0.396 e. The van der Waals surface area contributed by atoms with Crippen LogP contribution in [-0.4, -0.2) is 26.7 Å². The fourth-order valence-electron chi connectivity index (χ4n) is 1.67. The van der Waals surface area contributed by atoms with Gasteiger partial charge in [-0.3, -0.25) is 0 Å². The highest BCUT2D eigenvalue weighted by molar-refractivity contribution is 9.10. The predicted octanol–water partition coefficient (Wildman–Crippen LogP) is 2.26. The predicted molar refractivity (Wildman–Crippen MR) is 69.2 cm³/mol. The number of hydrogen-bond acceptors (Lipinski definition) is 3. The molecule has 90 valence electrons. The zero-order chi connectivity index (χ0) is 12.3. The lowest BCUT2D eigenvalue weighted by molar-refractivity contribution is 0.288. The molecule has 1 aromatic carbocycles. The summed E-state index contributed by atoms with van der Waals surface area (Å²) in [4.78, 5) is 0. The Morgan fingerprint density at radius 1 is 1.41 bits per heavy atom. The standard InChI is InChI=1S/C12H14BrN3O/c1-9-7-10(13)4-5-12(9)16-8-11(14-15-16)3-2-6-17/h4-5,7-8,17H,2-3,6H2,1H3. The van der Waals surface area contributed by atoms with E-state index in [2.05, 4.69) is 26.2 Å². The molecule has 5 heteroatoms. The maximum absolute atomic E-state index is 8.77. The molecule has 0 aliphatic heterocycles. The third-order valence-corrected chi connectivity index (χ3v) is 3.03. The third kappa shape index (κ3) is 2.92. The molecule has 0 unspecified atom stereocenters. The molecule has 0 bridgehead atoms. The van der Waals surface area contributed by atoms with Crippen LogP contribution in [0.1, 0.15) is 17.7 Å². The first-order valence-corrected chi connectivity index (χ1v) is 6.28. The van der Waals surface area contributed by atoms with E-state index < -0.39 is 0 Å². The molecule has 4 nitrogen and oxygen atoms in total. The molecule has 0 aliphatic rings. The molecular weight excluding hydrogens is 282 g/mol. The summed E-state index contributed by atoms with van der Waals surface area (Å²) in [6.07, 6.45) is 3.38. The van der Waals surface area contributed by atoms with Crippen LogP contribution in [0.2, 0.25) is 0 Å². The van der Waals surface area contributed by atoms with Gasteiger partial charge >= 0.3 is 0 Å². The molecule has 0 saturated heterocycles. The Labute approximate surface area is 108 Å². The number of aryl methyl sites for hydroxylation is 2. The molecule has 0 fully saturated rings. The second kappa shape index (κ2) is 5.42. The monoisotopic (exact) mass is 295 g/mol. The second-order valence-corrected chi connectivity index (χ2v) is 4.83. The molecule has 2 rings (SSSR count). The van der Waals surface area contributed by atoms with Crippen LogP contribution in [0.25, 0.3) is 5.69 Å². The number of rotatable bonds is 4. The van der Waals surface area contributed by atoms with Crippen molar-refractivity contribution in [2.24, 2.45) is 0 Å². The summed E-state index contributed by atoms with van der Waals surface area (Å²) in [6, 6.07) is 6.03. The maximum atomic E-state index is 8.77. The van der Waals surface area contributed by atoms with Crippen LogP contribution < -0.4 is 0 Å². The number of nitrogens with zero attached hydrogens (tertiary/aromatic N) is 3. The average Bonchev–Trinajstić information content (AvgIpc) is 2.75. The van der Waals surface area contributed by atoms with Gasteiger partial charge in [-0.05, 0) is 43.5 Å². The number of halogens is 1. The maximum Gasteiger partial charge on any atom is 0.0832 e. The smallest absolute Gasteiger partial charge is 0.0832 e. The van der Waals surface area contributed by atoms with E-state index in [9.17, 15) is 0 Å². The quantitative estimate of drug-likeness (QED) is 0.941. The largest absolute Gasteiger partial charge is 0.396 e. The Hall–Kier alpha value is -1.20. The summed E-state index contributed by atoms with van der Waals surface area (Å²) in [7, 11) is 0. The summed E-state index contributed by atoms with van der Waals surface area (Å²) in [5.41, 5.74) is 3.07. The van der Waals surface area contributed by atoms with E-state index in [4.69, 9.17) is 5.11 Å². The van der Waals surface area contributed by atoms with Gasteiger partial charge in [-0.1, -0.05) is 21.1 Å². The van der Waals surface area contributed by atoms with Crippen molar-refractivity contribution in [3.63, 3.8) is 0 Å². The van der Waals surface area contributed by atoms with Gasteiger partial charge in [0.2, 0.25) is 0 Å². The van der Waals surface area contributed by atoms with Crippen LogP contribution in [0.3, 0.4) is 0 Å². The van der Waals surface area contributed by atoms with E-state index in [1.54, 1.807) is 4.68 Å². The summed E-state index contributed by atoms with van der Waals surface area (Å²) >= 11 is 3.44. The molecule has 2 aromatic rings.